The molecular weight excluding hydrogens is 366 g/mol. The Morgan fingerprint density at radius 3 is 2.68 bits per heavy atom. The van der Waals surface area contributed by atoms with E-state index in [4.69, 9.17) is 24.7 Å². The van der Waals surface area contributed by atoms with Crippen LogP contribution in [0.3, 0.4) is 0 Å². The van der Waals surface area contributed by atoms with Gasteiger partial charge in [-0.2, -0.15) is 0 Å². The van der Waals surface area contributed by atoms with E-state index < -0.39 is 5.97 Å². The summed E-state index contributed by atoms with van der Waals surface area (Å²) in [6.45, 7) is 3.74. The lowest BCUT2D eigenvalue weighted by molar-refractivity contribution is -0.143. The van der Waals surface area contributed by atoms with Crippen LogP contribution in [0.15, 0.2) is 12.1 Å². The molecule has 28 heavy (non-hydrogen) atoms. The zero-order valence-corrected chi connectivity index (χ0v) is 16.3. The third-order valence-corrected chi connectivity index (χ3v) is 4.37. The molecule has 1 aliphatic heterocycles. The molecule has 0 spiro atoms. The highest BCUT2D eigenvalue weighted by atomic mass is 16.6. The SMILES string of the molecule is CCOC(=O)CCCCCCOc1cc(C(=O)O)c(N)cc1O[C@@H]1CCOC1. The lowest BCUT2D eigenvalue weighted by atomic mass is 10.1. The molecule has 0 aromatic heterocycles. The number of nitrogen functional groups attached to an aromatic ring is 1. The molecule has 1 aliphatic rings. The molecule has 1 aromatic carbocycles. The number of carboxylic acids is 1. The van der Waals surface area contributed by atoms with Gasteiger partial charge in [0.15, 0.2) is 11.5 Å². The van der Waals surface area contributed by atoms with Gasteiger partial charge in [-0.25, -0.2) is 4.79 Å². The number of nitrogens with two attached hydrogens (primary N) is 1. The summed E-state index contributed by atoms with van der Waals surface area (Å²) in [5.74, 6) is -0.484. The Morgan fingerprint density at radius 2 is 2.00 bits per heavy atom. The van der Waals surface area contributed by atoms with Crippen LogP contribution in [0.5, 0.6) is 11.5 Å². The lowest BCUT2D eigenvalue weighted by Crippen LogP contribution is -2.17. The molecule has 156 valence electrons. The smallest absolute Gasteiger partial charge is 0.337 e. The molecule has 8 nitrogen and oxygen atoms in total. The van der Waals surface area contributed by atoms with Crippen molar-refractivity contribution in [2.45, 2.75) is 51.6 Å². The largest absolute Gasteiger partial charge is 0.490 e. The van der Waals surface area contributed by atoms with Crippen molar-refractivity contribution in [1.29, 1.82) is 0 Å². The number of anilines is 1. The fourth-order valence-electron chi connectivity index (χ4n) is 2.89. The summed E-state index contributed by atoms with van der Waals surface area (Å²) in [7, 11) is 0. The molecule has 1 heterocycles. The van der Waals surface area contributed by atoms with E-state index in [1.165, 1.54) is 12.1 Å². The maximum absolute atomic E-state index is 11.3. The molecule has 0 bridgehead atoms. The average molecular weight is 395 g/mol. The highest BCUT2D eigenvalue weighted by Gasteiger charge is 2.21. The first-order chi connectivity index (χ1) is 13.5. The number of ether oxygens (including phenoxy) is 4. The van der Waals surface area contributed by atoms with E-state index in [0.717, 1.165) is 32.1 Å². The Bertz CT molecular complexity index is 656. The van der Waals surface area contributed by atoms with Crippen LogP contribution in [0, 0.1) is 0 Å². The van der Waals surface area contributed by atoms with Gasteiger partial charge in [-0.05, 0) is 19.8 Å². The number of aromatic carboxylic acids is 1. The zero-order chi connectivity index (χ0) is 20.4. The molecule has 3 N–H and O–H groups in total. The maximum Gasteiger partial charge on any atom is 0.337 e. The number of hydrogen-bond acceptors (Lipinski definition) is 7. The monoisotopic (exact) mass is 395 g/mol. The molecular formula is C20H29NO7. The molecule has 1 aromatic rings. The van der Waals surface area contributed by atoms with Crippen LogP contribution >= 0.6 is 0 Å². The third kappa shape index (κ3) is 6.92. The normalized spacial score (nSPS) is 16.0. The van der Waals surface area contributed by atoms with E-state index >= 15 is 0 Å². The minimum absolute atomic E-state index is 0.0144. The van der Waals surface area contributed by atoms with E-state index in [1.807, 2.05) is 0 Å². The molecule has 0 aliphatic carbocycles. The first kappa shape index (κ1) is 21.8. The predicted molar refractivity (Wildman–Crippen MR) is 103 cm³/mol. The Labute approximate surface area is 164 Å². The van der Waals surface area contributed by atoms with Gasteiger partial charge in [-0.3, -0.25) is 4.79 Å². The summed E-state index contributed by atoms with van der Waals surface area (Å²) in [6.07, 6.45) is 4.44. The number of carboxylic acid groups (broad SMARTS) is 1. The third-order valence-electron chi connectivity index (χ3n) is 4.37. The summed E-state index contributed by atoms with van der Waals surface area (Å²) in [5.41, 5.74) is 5.95. The van der Waals surface area contributed by atoms with Crippen molar-refractivity contribution in [2.75, 3.05) is 32.2 Å². The van der Waals surface area contributed by atoms with Gasteiger partial charge in [0.05, 0.1) is 37.7 Å². The zero-order valence-electron chi connectivity index (χ0n) is 16.3. The molecule has 0 amide bonds. The molecule has 0 unspecified atom stereocenters. The van der Waals surface area contributed by atoms with Crippen LogP contribution in [0.4, 0.5) is 5.69 Å². The minimum atomic E-state index is -1.11. The van der Waals surface area contributed by atoms with Crippen LogP contribution < -0.4 is 15.2 Å². The van der Waals surface area contributed by atoms with E-state index in [9.17, 15) is 14.7 Å². The van der Waals surface area contributed by atoms with Crippen molar-refractivity contribution in [3.8, 4) is 11.5 Å². The van der Waals surface area contributed by atoms with Crippen molar-refractivity contribution in [2.24, 2.45) is 0 Å². The molecule has 2 rings (SSSR count). The highest BCUT2D eigenvalue weighted by molar-refractivity contribution is 5.94. The van der Waals surface area contributed by atoms with Crippen molar-refractivity contribution in [3.05, 3.63) is 17.7 Å². The van der Waals surface area contributed by atoms with Gasteiger partial charge in [0.2, 0.25) is 0 Å². The standard InChI is InChI=1S/C20H29NO7/c1-2-26-19(22)7-5-3-4-6-9-27-17-11-15(20(23)24)16(21)12-18(17)28-14-8-10-25-13-14/h11-12,14H,2-10,13,21H2,1H3,(H,23,24)/t14-/m1/s1. The van der Waals surface area contributed by atoms with Gasteiger partial charge in [0.25, 0.3) is 0 Å². The summed E-state index contributed by atoms with van der Waals surface area (Å²) < 4.78 is 21.9. The van der Waals surface area contributed by atoms with Gasteiger partial charge >= 0.3 is 11.9 Å². The first-order valence-electron chi connectivity index (χ1n) is 9.71. The summed E-state index contributed by atoms with van der Waals surface area (Å²) in [4.78, 5) is 22.6. The average Bonchev–Trinajstić information content (AvgIpc) is 3.15. The molecule has 8 heteroatoms. The van der Waals surface area contributed by atoms with Gasteiger partial charge in [-0.15, -0.1) is 0 Å². The quantitative estimate of drug-likeness (QED) is 0.315. The van der Waals surface area contributed by atoms with E-state index in [0.29, 0.717) is 44.3 Å². The fourth-order valence-corrected chi connectivity index (χ4v) is 2.89. The van der Waals surface area contributed by atoms with E-state index in [1.54, 1.807) is 6.92 Å². The van der Waals surface area contributed by atoms with Gasteiger partial charge in [0, 0.05) is 25.0 Å². The molecule has 0 saturated carbocycles. The summed E-state index contributed by atoms with van der Waals surface area (Å²) in [5, 5.41) is 9.28. The van der Waals surface area contributed by atoms with E-state index in [2.05, 4.69) is 0 Å². The Balaban J connectivity index is 1.85. The Kier molecular flexibility index (Phi) is 8.87. The van der Waals surface area contributed by atoms with Crippen molar-refractivity contribution >= 4 is 17.6 Å². The van der Waals surface area contributed by atoms with Crippen molar-refractivity contribution in [3.63, 3.8) is 0 Å². The number of esters is 1. The number of carbonyl (C=O) groups is 2. The summed E-state index contributed by atoms with van der Waals surface area (Å²) in [6, 6.07) is 2.90. The Hall–Kier alpha value is -2.48. The number of unbranched alkanes of at least 4 members (excludes halogenated alkanes) is 3. The summed E-state index contributed by atoms with van der Waals surface area (Å²) >= 11 is 0. The molecule has 1 saturated heterocycles. The van der Waals surface area contributed by atoms with Gasteiger partial charge in [-0.1, -0.05) is 12.8 Å². The van der Waals surface area contributed by atoms with Crippen molar-refractivity contribution < 1.29 is 33.6 Å². The van der Waals surface area contributed by atoms with Gasteiger partial charge < -0.3 is 29.8 Å². The van der Waals surface area contributed by atoms with Crippen molar-refractivity contribution in [1.82, 2.24) is 0 Å². The topological polar surface area (TPSA) is 117 Å². The first-order valence-corrected chi connectivity index (χ1v) is 9.71. The number of carbonyl (C=O) groups excluding carboxylic acids is 1. The highest BCUT2D eigenvalue weighted by Crippen LogP contribution is 2.34. The molecule has 1 atom stereocenters. The van der Waals surface area contributed by atoms with Crippen LogP contribution in [0.25, 0.3) is 0 Å². The van der Waals surface area contributed by atoms with Gasteiger partial charge in [0.1, 0.15) is 6.10 Å². The lowest BCUT2D eigenvalue weighted by Gasteiger charge is -2.17. The minimum Gasteiger partial charge on any atom is -0.490 e. The number of rotatable bonds is 12. The second kappa shape index (κ2) is 11.4. The van der Waals surface area contributed by atoms with Crippen LogP contribution in [0.2, 0.25) is 0 Å². The van der Waals surface area contributed by atoms with Crippen LogP contribution in [-0.2, 0) is 14.3 Å². The maximum atomic E-state index is 11.3. The Morgan fingerprint density at radius 1 is 1.21 bits per heavy atom. The fraction of sp³-hybridized carbons (Fsp3) is 0.600. The van der Waals surface area contributed by atoms with E-state index in [-0.39, 0.29) is 23.3 Å². The second-order valence-electron chi connectivity index (χ2n) is 6.61. The number of benzene rings is 1. The van der Waals surface area contributed by atoms with Crippen LogP contribution in [-0.4, -0.2) is 49.6 Å². The predicted octanol–water partition coefficient (Wildman–Crippen LogP) is 3.03. The van der Waals surface area contributed by atoms with Crippen LogP contribution in [0.1, 0.15) is 55.8 Å². The molecule has 0 radical (unpaired) electrons. The second-order valence-corrected chi connectivity index (χ2v) is 6.61. The number of hydrogen-bond donors (Lipinski definition) is 2. The molecule has 1 fully saturated rings.